The molecule has 6 nitrogen and oxygen atoms in total. The van der Waals surface area contributed by atoms with Gasteiger partial charge in [-0.15, -0.1) is 23.2 Å². The molecule has 0 unspecified atom stereocenters. The second-order valence-corrected chi connectivity index (χ2v) is 11.7. The van der Waals surface area contributed by atoms with Gasteiger partial charge in [0.05, 0.1) is 24.6 Å². The number of hydrogen-bond donors (Lipinski definition) is 1. The minimum atomic E-state index is -1.31. The van der Waals surface area contributed by atoms with Crippen molar-refractivity contribution in [2.45, 2.75) is 28.8 Å². The summed E-state index contributed by atoms with van der Waals surface area (Å²) in [5.74, 6) is -2.83. The van der Waals surface area contributed by atoms with Crippen molar-refractivity contribution in [3.8, 4) is 0 Å². The molecule has 1 aliphatic heterocycles. The number of hydrogen-bond acceptors (Lipinski definition) is 4. The minimum absolute atomic E-state index is 0.121. The zero-order chi connectivity index (χ0) is 27.6. The molecule has 4 aromatic rings. The molecule has 0 spiro atoms. The maximum absolute atomic E-state index is 14.4. The molecule has 3 aromatic carbocycles. The molecule has 3 aliphatic carbocycles. The Balaban J connectivity index is 1.34. The summed E-state index contributed by atoms with van der Waals surface area (Å²) in [5, 5.41) is 2.85. The van der Waals surface area contributed by atoms with Crippen molar-refractivity contribution in [2.75, 3.05) is 0 Å². The van der Waals surface area contributed by atoms with Gasteiger partial charge < -0.3 is 9.73 Å². The van der Waals surface area contributed by atoms with Gasteiger partial charge in [-0.2, -0.15) is 0 Å². The highest BCUT2D eigenvalue weighted by atomic mass is 35.5. The largest absolute Gasteiger partial charge is 0.467 e. The number of amides is 3. The topological polar surface area (TPSA) is 79.6 Å². The predicted octanol–water partition coefficient (Wildman–Crippen LogP) is 5.10. The quantitative estimate of drug-likeness (QED) is 0.258. The minimum Gasteiger partial charge on any atom is -0.467 e. The molecular weight excluding hydrogens is 547 g/mol. The van der Waals surface area contributed by atoms with E-state index in [1.54, 1.807) is 12.1 Å². The van der Waals surface area contributed by atoms with Crippen LogP contribution in [0.3, 0.4) is 0 Å². The Kier molecular flexibility index (Phi) is 5.70. The number of halogens is 2. The van der Waals surface area contributed by atoms with E-state index in [0.29, 0.717) is 5.76 Å². The Morgan fingerprint density at radius 1 is 0.775 bits per heavy atom. The fraction of sp³-hybridized carbons (Fsp3) is 0.219. The summed E-state index contributed by atoms with van der Waals surface area (Å²) in [6.45, 7) is 0.121. The van der Waals surface area contributed by atoms with E-state index in [2.05, 4.69) is 5.32 Å². The van der Waals surface area contributed by atoms with Gasteiger partial charge in [-0.3, -0.25) is 19.3 Å². The Hall–Kier alpha value is -3.87. The molecule has 1 N–H and O–H groups in total. The smallest absolute Gasteiger partial charge is 0.244 e. The van der Waals surface area contributed by atoms with Crippen molar-refractivity contribution in [1.82, 2.24) is 10.2 Å². The van der Waals surface area contributed by atoms with Gasteiger partial charge >= 0.3 is 0 Å². The lowest BCUT2D eigenvalue weighted by Crippen LogP contribution is -2.57. The molecule has 0 saturated carbocycles. The van der Waals surface area contributed by atoms with Gasteiger partial charge in [0.25, 0.3) is 0 Å². The van der Waals surface area contributed by atoms with Gasteiger partial charge in [-0.1, -0.05) is 78.9 Å². The van der Waals surface area contributed by atoms with E-state index in [-0.39, 0.29) is 13.0 Å². The molecule has 2 bridgehead atoms. The first-order valence-electron chi connectivity index (χ1n) is 13.2. The van der Waals surface area contributed by atoms with E-state index in [1.165, 1.54) is 6.26 Å². The van der Waals surface area contributed by atoms with Gasteiger partial charge in [0.2, 0.25) is 17.7 Å². The molecule has 8 heteroatoms. The molecular formula is C32H24Cl2N2O4. The summed E-state index contributed by atoms with van der Waals surface area (Å²) in [5.41, 5.74) is 3.69. The highest BCUT2D eigenvalue weighted by Gasteiger charge is 2.73. The lowest BCUT2D eigenvalue weighted by Gasteiger charge is -2.54. The van der Waals surface area contributed by atoms with Crippen LogP contribution in [0.25, 0.3) is 0 Å². The monoisotopic (exact) mass is 570 g/mol. The van der Waals surface area contributed by atoms with Crippen LogP contribution in [0.4, 0.5) is 0 Å². The number of benzene rings is 3. The van der Waals surface area contributed by atoms with E-state index in [1.807, 2.05) is 78.9 Å². The van der Waals surface area contributed by atoms with E-state index in [4.69, 9.17) is 27.6 Å². The summed E-state index contributed by atoms with van der Waals surface area (Å²) in [6, 6.07) is 26.7. The number of nitrogens with zero attached hydrogens (tertiary/aromatic N) is 1. The number of furan rings is 1. The van der Waals surface area contributed by atoms with Crippen molar-refractivity contribution in [3.63, 3.8) is 0 Å². The summed E-state index contributed by atoms with van der Waals surface area (Å²) in [6.07, 6.45) is 1.66. The van der Waals surface area contributed by atoms with Crippen LogP contribution in [-0.4, -0.2) is 28.7 Å². The predicted molar refractivity (Wildman–Crippen MR) is 149 cm³/mol. The second kappa shape index (κ2) is 9.08. The number of nitrogens with one attached hydrogen (secondary N) is 1. The highest BCUT2D eigenvalue weighted by molar-refractivity contribution is 6.36. The first-order valence-corrected chi connectivity index (χ1v) is 13.9. The fourth-order valence-electron chi connectivity index (χ4n) is 6.84. The molecule has 1 aromatic heterocycles. The standard InChI is InChI=1S/C32H24Cl2N2O4/c33-31-21-12-4-5-13-22(21)32(34,24-15-7-6-14-23(24)31)27-26(31)29(38)36(30(27)39)25(17-19-9-2-1-3-10-19)28(37)35-18-20-11-8-16-40-20/h1-16,25-27H,17-18H2,(H,35,37)/t25-,26-,27-,31?,32?/m0/s1. The third-order valence-corrected chi connectivity index (χ3v) is 9.81. The van der Waals surface area contributed by atoms with Crippen LogP contribution < -0.4 is 5.32 Å². The normalized spacial score (nSPS) is 26.7. The van der Waals surface area contributed by atoms with Crippen molar-refractivity contribution < 1.29 is 18.8 Å². The number of carbonyl (C=O) groups is 3. The molecule has 3 amide bonds. The molecule has 40 heavy (non-hydrogen) atoms. The van der Waals surface area contributed by atoms with E-state index >= 15 is 0 Å². The van der Waals surface area contributed by atoms with Crippen LogP contribution in [0.5, 0.6) is 0 Å². The van der Waals surface area contributed by atoms with E-state index in [0.717, 1.165) is 32.7 Å². The van der Waals surface area contributed by atoms with Crippen LogP contribution in [0, 0.1) is 11.8 Å². The molecule has 1 saturated heterocycles. The van der Waals surface area contributed by atoms with Crippen LogP contribution >= 0.6 is 23.2 Å². The zero-order valence-electron chi connectivity index (χ0n) is 21.2. The SMILES string of the molecule is O=C(NCc1ccco1)[C@H](Cc1ccccc1)N1C(=O)[C@@H]2[C@@H](C1=O)C1(Cl)c3ccccc3C2(Cl)c2ccccc21. The van der Waals surface area contributed by atoms with Gasteiger partial charge in [0, 0.05) is 6.42 Å². The van der Waals surface area contributed by atoms with Crippen molar-refractivity contribution in [1.29, 1.82) is 0 Å². The Morgan fingerprint density at radius 2 is 1.27 bits per heavy atom. The maximum Gasteiger partial charge on any atom is 0.244 e. The molecule has 200 valence electrons. The summed E-state index contributed by atoms with van der Waals surface area (Å²) < 4.78 is 5.36. The second-order valence-electron chi connectivity index (χ2n) is 10.5. The first kappa shape index (κ1) is 25.1. The average molecular weight is 571 g/mol. The number of carbonyl (C=O) groups excluding carboxylic acids is 3. The zero-order valence-corrected chi connectivity index (χ0v) is 22.7. The van der Waals surface area contributed by atoms with Gasteiger partial charge in [-0.05, 0) is 39.9 Å². The van der Waals surface area contributed by atoms with Crippen molar-refractivity contribution in [2.24, 2.45) is 11.8 Å². The van der Waals surface area contributed by atoms with Crippen molar-refractivity contribution >= 4 is 40.9 Å². The number of likely N-dealkylation sites (tertiary alicyclic amines) is 1. The van der Waals surface area contributed by atoms with E-state index < -0.39 is 45.3 Å². The molecule has 2 heterocycles. The van der Waals surface area contributed by atoms with Crippen molar-refractivity contribution in [3.05, 3.63) is 131 Å². The number of rotatable bonds is 6. The highest BCUT2D eigenvalue weighted by Crippen LogP contribution is 2.69. The average Bonchev–Trinajstić information content (AvgIpc) is 3.60. The Labute approximate surface area is 240 Å². The van der Waals surface area contributed by atoms with Gasteiger partial charge in [0.1, 0.15) is 21.6 Å². The summed E-state index contributed by atoms with van der Waals surface area (Å²) >= 11 is 15.1. The van der Waals surface area contributed by atoms with Crippen LogP contribution in [0.15, 0.2) is 102 Å². The molecule has 1 fully saturated rings. The van der Waals surface area contributed by atoms with Crippen LogP contribution in [0.2, 0.25) is 0 Å². The molecule has 0 radical (unpaired) electrons. The summed E-state index contributed by atoms with van der Waals surface area (Å²) in [7, 11) is 0. The molecule has 4 aliphatic rings. The first-order chi connectivity index (χ1) is 19.4. The Morgan fingerprint density at radius 3 is 1.75 bits per heavy atom. The van der Waals surface area contributed by atoms with Gasteiger partial charge in [0.15, 0.2) is 0 Å². The van der Waals surface area contributed by atoms with Crippen LogP contribution in [-0.2, 0) is 37.1 Å². The number of alkyl halides is 2. The summed E-state index contributed by atoms with van der Waals surface area (Å²) in [4.78, 5) is 41.1. The van der Waals surface area contributed by atoms with E-state index in [9.17, 15) is 14.4 Å². The Bertz CT molecular complexity index is 1530. The maximum atomic E-state index is 14.4. The third-order valence-electron chi connectivity index (χ3n) is 8.52. The van der Waals surface area contributed by atoms with Gasteiger partial charge in [-0.25, -0.2) is 0 Å². The fourth-order valence-corrected chi connectivity index (χ4v) is 7.94. The number of imide groups is 1. The third kappa shape index (κ3) is 3.33. The molecule has 3 atom stereocenters. The molecule has 8 rings (SSSR count). The lowest BCUT2D eigenvalue weighted by molar-refractivity contribution is -0.148. The van der Waals surface area contributed by atoms with Crippen LogP contribution in [0.1, 0.15) is 33.6 Å². The lowest BCUT2D eigenvalue weighted by atomic mass is 9.54.